The van der Waals surface area contributed by atoms with Gasteiger partial charge in [-0.15, -0.1) is 4.99 Å². The Morgan fingerprint density at radius 1 is 1.89 bits per heavy atom. The molecule has 0 aromatic rings. The Kier molecular flexibility index (Phi) is 1.92. The van der Waals surface area contributed by atoms with E-state index < -0.39 is 0 Å². The van der Waals surface area contributed by atoms with Crippen molar-refractivity contribution in [2.24, 2.45) is 10.8 Å². The molecule has 4 nitrogen and oxygen atoms in total. The van der Waals surface area contributed by atoms with E-state index in [2.05, 4.69) is 4.99 Å². The quantitative estimate of drug-likeness (QED) is 0.374. The zero-order valence-corrected chi connectivity index (χ0v) is 5.56. The van der Waals surface area contributed by atoms with Crippen molar-refractivity contribution in [1.82, 2.24) is 5.01 Å². The molecule has 0 atom stereocenters. The van der Waals surface area contributed by atoms with Gasteiger partial charge in [0.05, 0.1) is 0 Å². The molecule has 0 aliphatic carbocycles. The van der Waals surface area contributed by atoms with Crippen LogP contribution in [0, 0.1) is 11.5 Å². The predicted octanol–water partition coefficient (Wildman–Crippen LogP) is -0.254. The Morgan fingerprint density at radius 3 is 3.11 bits per heavy atom. The van der Waals surface area contributed by atoms with Gasteiger partial charge >= 0.3 is 0 Å². The summed E-state index contributed by atoms with van der Waals surface area (Å²) in [5.74, 6) is 6.32. The summed E-state index contributed by atoms with van der Waals surface area (Å²) >= 11 is 1.50. The molecule has 0 saturated carbocycles. The fourth-order valence-electron chi connectivity index (χ4n) is 0.553. The second-order valence-corrected chi connectivity index (χ2v) is 2.60. The normalized spacial score (nSPS) is 22.7. The van der Waals surface area contributed by atoms with Gasteiger partial charge in [-0.25, -0.2) is 5.84 Å². The summed E-state index contributed by atoms with van der Waals surface area (Å²) in [6.07, 6.45) is 1.69. The van der Waals surface area contributed by atoms with Crippen LogP contribution in [-0.4, -0.2) is 22.5 Å². The van der Waals surface area contributed by atoms with Crippen LogP contribution in [0.5, 0.6) is 0 Å². The first-order chi connectivity index (χ1) is 4.34. The number of hydrogen-bond acceptors (Lipinski definition) is 4. The molecule has 0 amide bonds. The maximum Gasteiger partial charge on any atom is 0.208 e. The van der Waals surface area contributed by atoms with Crippen molar-refractivity contribution in [3.8, 4) is 6.19 Å². The molecule has 1 heterocycles. The van der Waals surface area contributed by atoms with Gasteiger partial charge in [-0.2, -0.15) is 5.26 Å². The van der Waals surface area contributed by atoms with E-state index in [4.69, 9.17) is 11.1 Å². The number of nitrogens with zero attached hydrogens (tertiary/aromatic N) is 3. The molecule has 0 aromatic carbocycles. The van der Waals surface area contributed by atoms with Gasteiger partial charge in [0.15, 0.2) is 5.17 Å². The highest BCUT2D eigenvalue weighted by molar-refractivity contribution is 8.14. The molecule has 0 radical (unpaired) electrons. The second-order valence-electron chi connectivity index (χ2n) is 1.54. The highest BCUT2D eigenvalue weighted by atomic mass is 32.2. The maximum absolute atomic E-state index is 8.11. The lowest BCUT2D eigenvalue weighted by Gasteiger charge is -2.05. The summed E-state index contributed by atoms with van der Waals surface area (Å²) < 4.78 is 0. The lowest BCUT2D eigenvalue weighted by atomic mass is 10.7. The Labute approximate surface area is 57.3 Å². The number of nitriles is 1. The topological polar surface area (TPSA) is 65.4 Å². The van der Waals surface area contributed by atoms with E-state index in [0.29, 0.717) is 5.17 Å². The minimum atomic E-state index is 0.623. The van der Waals surface area contributed by atoms with Gasteiger partial charge in [0, 0.05) is 12.3 Å². The molecule has 0 aromatic heterocycles. The Balaban J connectivity index is 2.62. The number of hydrogen-bond donors (Lipinski definition) is 1. The third kappa shape index (κ3) is 1.34. The number of aliphatic imine (C=N–C) groups is 1. The smallest absolute Gasteiger partial charge is 0.208 e. The molecule has 1 aliphatic heterocycles. The lowest BCUT2D eigenvalue weighted by molar-refractivity contribution is 0.490. The van der Waals surface area contributed by atoms with Gasteiger partial charge in [0.25, 0.3) is 0 Å². The van der Waals surface area contributed by atoms with Crippen molar-refractivity contribution in [3.63, 3.8) is 0 Å². The first kappa shape index (κ1) is 6.39. The molecule has 0 unspecified atom stereocenters. The Hall–Kier alpha value is -0.730. The molecule has 9 heavy (non-hydrogen) atoms. The summed E-state index contributed by atoms with van der Waals surface area (Å²) in [7, 11) is 0. The van der Waals surface area contributed by atoms with Gasteiger partial charge in [0.1, 0.15) is 0 Å². The van der Waals surface area contributed by atoms with Crippen LogP contribution in [0.1, 0.15) is 0 Å². The van der Waals surface area contributed by atoms with Crippen LogP contribution in [0.3, 0.4) is 0 Å². The van der Waals surface area contributed by atoms with Gasteiger partial charge in [0.2, 0.25) is 6.19 Å². The van der Waals surface area contributed by atoms with Gasteiger partial charge in [-0.05, 0) is 0 Å². The van der Waals surface area contributed by atoms with E-state index in [1.165, 1.54) is 16.8 Å². The average molecular weight is 142 g/mol. The third-order valence-electron chi connectivity index (χ3n) is 0.955. The molecule has 1 aliphatic rings. The molecule has 48 valence electrons. The molecular formula is C4H6N4S. The van der Waals surface area contributed by atoms with Crippen molar-refractivity contribution in [3.05, 3.63) is 0 Å². The van der Waals surface area contributed by atoms with Crippen LogP contribution >= 0.6 is 11.8 Å². The number of thioether (sulfide) groups is 1. The first-order valence-corrected chi connectivity index (χ1v) is 3.45. The van der Waals surface area contributed by atoms with E-state index in [1.54, 1.807) is 6.19 Å². The highest BCUT2D eigenvalue weighted by Crippen LogP contribution is 2.13. The third-order valence-corrected chi connectivity index (χ3v) is 1.93. The van der Waals surface area contributed by atoms with Crippen LogP contribution < -0.4 is 5.84 Å². The number of rotatable bonds is 0. The van der Waals surface area contributed by atoms with E-state index in [-0.39, 0.29) is 0 Å². The summed E-state index contributed by atoms with van der Waals surface area (Å²) in [5.41, 5.74) is 0. The maximum atomic E-state index is 8.11. The minimum absolute atomic E-state index is 0.623. The number of hydrazine groups is 1. The predicted molar refractivity (Wildman–Crippen MR) is 36.4 cm³/mol. The largest absolute Gasteiger partial charge is 0.288 e. The highest BCUT2D eigenvalue weighted by Gasteiger charge is 2.14. The second kappa shape index (κ2) is 2.71. The summed E-state index contributed by atoms with van der Waals surface area (Å²) in [4.78, 5) is 3.49. The zero-order chi connectivity index (χ0) is 6.69. The van der Waals surface area contributed by atoms with Crippen LogP contribution in [0.25, 0.3) is 0 Å². The van der Waals surface area contributed by atoms with Crippen molar-refractivity contribution >= 4 is 16.9 Å². The van der Waals surface area contributed by atoms with Gasteiger partial charge < -0.3 is 0 Å². The molecule has 1 saturated heterocycles. The standard InChI is InChI=1S/C4H6N4S/c5-3-7-4-8(6)1-2-9-4/h1-2,6H2/b7-4-. The molecule has 1 fully saturated rings. The fraction of sp³-hybridized carbons (Fsp3) is 0.500. The van der Waals surface area contributed by atoms with Crippen LogP contribution in [0.4, 0.5) is 0 Å². The van der Waals surface area contributed by atoms with Crippen LogP contribution in [0.2, 0.25) is 0 Å². The zero-order valence-electron chi connectivity index (χ0n) is 4.74. The average Bonchev–Trinajstić information content (AvgIpc) is 2.18. The van der Waals surface area contributed by atoms with Gasteiger partial charge in [-0.1, -0.05) is 11.8 Å². The Bertz CT molecular complexity index is 170. The van der Waals surface area contributed by atoms with E-state index in [9.17, 15) is 0 Å². The molecule has 0 bridgehead atoms. The number of nitrogens with two attached hydrogens (primary N) is 1. The summed E-state index contributed by atoms with van der Waals surface area (Å²) in [6.45, 7) is 0.783. The molecular weight excluding hydrogens is 136 g/mol. The van der Waals surface area contributed by atoms with Crippen molar-refractivity contribution < 1.29 is 0 Å². The summed E-state index contributed by atoms with van der Waals surface area (Å²) in [6, 6.07) is 0. The van der Waals surface area contributed by atoms with Crippen molar-refractivity contribution in [2.75, 3.05) is 12.3 Å². The summed E-state index contributed by atoms with van der Waals surface area (Å²) in [5, 5.41) is 10.2. The number of amidine groups is 1. The van der Waals surface area contributed by atoms with Crippen LogP contribution in [-0.2, 0) is 0 Å². The van der Waals surface area contributed by atoms with Crippen LogP contribution in [0.15, 0.2) is 4.99 Å². The fourth-order valence-corrected chi connectivity index (χ4v) is 1.39. The van der Waals surface area contributed by atoms with Crippen molar-refractivity contribution in [1.29, 1.82) is 5.26 Å². The molecule has 1 rings (SSSR count). The Morgan fingerprint density at radius 2 is 2.67 bits per heavy atom. The monoisotopic (exact) mass is 142 g/mol. The van der Waals surface area contributed by atoms with E-state index in [0.717, 1.165) is 12.3 Å². The van der Waals surface area contributed by atoms with E-state index >= 15 is 0 Å². The molecule has 2 N–H and O–H groups in total. The van der Waals surface area contributed by atoms with E-state index in [1.807, 2.05) is 0 Å². The SMILES string of the molecule is N#C/N=C1\SCCN1N. The van der Waals surface area contributed by atoms with Crippen molar-refractivity contribution in [2.45, 2.75) is 0 Å². The first-order valence-electron chi connectivity index (χ1n) is 2.46. The van der Waals surface area contributed by atoms with Gasteiger partial charge in [-0.3, -0.25) is 5.01 Å². The molecule has 5 heteroatoms. The lowest BCUT2D eigenvalue weighted by Crippen LogP contribution is -2.31. The molecule has 0 spiro atoms. The minimum Gasteiger partial charge on any atom is -0.288 e.